The molecular formula is C37H54N4O6S2. The van der Waals surface area contributed by atoms with Gasteiger partial charge in [0.05, 0.1) is 46.7 Å². The number of sulfonamides is 2. The number of carbonyl (C=O) groups excluding carboxylic acids is 1. The lowest BCUT2D eigenvalue weighted by Gasteiger charge is -2.23. The molecule has 3 aromatic carbocycles. The summed E-state index contributed by atoms with van der Waals surface area (Å²) in [5, 5.41) is 6.21. The molecule has 10 nitrogen and oxygen atoms in total. The fraction of sp³-hybridized carbons (Fsp3) is 0.486. The van der Waals surface area contributed by atoms with E-state index in [0.29, 0.717) is 34.9 Å². The topological polar surface area (TPSA) is 143 Å². The van der Waals surface area contributed by atoms with Crippen LogP contribution in [0.15, 0.2) is 53.4 Å². The van der Waals surface area contributed by atoms with E-state index in [9.17, 15) is 21.6 Å². The van der Waals surface area contributed by atoms with Crippen LogP contribution in [-0.2, 0) is 24.8 Å². The van der Waals surface area contributed by atoms with Gasteiger partial charge in [-0.1, -0.05) is 86.3 Å². The number of ether oxygens (including phenoxy) is 1. The predicted molar refractivity (Wildman–Crippen MR) is 203 cm³/mol. The minimum absolute atomic E-state index is 0.0375. The molecule has 12 heteroatoms. The summed E-state index contributed by atoms with van der Waals surface area (Å²) >= 11 is 0. The molecule has 0 heterocycles. The number of benzene rings is 3. The molecule has 0 bridgehead atoms. The number of unbranched alkanes of at least 4 members (excludes halogenated alkanes) is 4. The molecule has 0 aliphatic rings. The first-order chi connectivity index (χ1) is 22.9. The van der Waals surface area contributed by atoms with Crippen LogP contribution in [0.2, 0.25) is 0 Å². The van der Waals surface area contributed by atoms with Crippen LogP contribution in [0, 0.1) is 0 Å². The molecule has 3 rings (SSSR count). The molecule has 0 atom stereocenters. The lowest BCUT2D eigenvalue weighted by molar-refractivity contribution is -0.116. The van der Waals surface area contributed by atoms with Crippen LogP contribution in [0.4, 0.5) is 28.4 Å². The van der Waals surface area contributed by atoms with Gasteiger partial charge in [0.2, 0.25) is 15.9 Å². The minimum Gasteiger partial charge on any atom is -0.495 e. The molecule has 0 spiro atoms. The van der Waals surface area contributed by atoms with E-state index in [2.05, 4.69) is 40.8 Å². The van der Waals surface area contributed by atoms with Crippen molar-refractivity contribution in [3.05, 3.63) is 65.2 Å². The van der Waals surface area contributed by atoms with Gasteiger partial charge in [0.1, 0.15) is 5.75 Å². The summed E-state index contributed by atoms with van der Waals surface area (Å²) in [5.41, 5.74) is 4.45. The zero-order valence-corrected chi connectivity index (χ0v) is 32.0. The zero-order valence-electron chi connectivity index (χ0n) is 30.4. The summed E-state index contributed by atoms with van der Waals surface area (Å²) in [6.07, 6.45) is 6.32. The molecule has 4 N–H and O–H groups in total. The molecule has 0 saturated carbocycles. The highest BCUT2D eigenvalue weighted by molar-refractivity contribution is 7.93. The first-order valence-corrected chi connectivity index (χ1v) is 20.4. The number of methoxy groups -OCH3 is 1. The molecule has 0 fully saturated rings. The van der Waals surface area contributed by atoms with E-state index in [4.69, 9.17) is 4.74 Å². The second-order valence-electron chi connectivity index (χ2n) is 13.5. The third kappa shape index (κ3) is 11.4. The second-order valence-corrected chi connectivity index (χ2v) is 16.9. The van der Waals surface area contributed by atoms with Crippen molar-refractivity contribution in [1.29, 1.82) is 0 Å². The Hall–Kier alpha value is -3.77. The van der Waals surface area contributed by atoms with Crippen molar-refractivity contribution in [2.24, 2.45) is 0 Å². The molecule has 0 aliphatic carbocycles. The first kappa shape index (κ1) is 39.7. The van der Waals surface area contributed by atoms with Crippen LogP contribution in [-0.4, -0.2) is 36.1 Å². The molecule has 0 radical (unpaired) electrons. The maximum absolute atomic E-state index is 14.2. The maximum atomic E-state index is 14.2. The highest BCUT2D eigenvalue weighted by Gasteiger charge is 2.27. The van der Waals surface area contributed by atoms with Gasteiger partial charge in [-0.05, 0) is 77.3 Å². The van der Waals surface area contributed by atoms with Crippen LogP contribution >= 0.6 is 0 Å². The summed E-state index contributed by atoms with van der Waals surface area (Å²) in [7, 11) is -6.09. The monoisotopic (exact) mass is 714 g/mol. The number of nitrogens with one attached hydrogen (secondary N) is 4. The quantitative estimate of drug-likeness (QED) is 0.0962. The Morgan fingerprint density at radius 3 is 1.84 bits per heavy atom. The Morgan fingerprint density at radius 2 is 1.29 bits per heavy atom. The number of carbonyl (C=O) groups is 1. The highest BCUT2D eigenvalue weighted by Crippen LogP contribution is 2.38. The lowest BCUT2D eigenvalue weighted by atomic mass is 9.89. The summed E-state index contributed by atoms with van der Waals surface area (Å²) in [4.78, 5) is 13.4. The standard InChI is InChI=1S/C37H54N4O6S2/c1-10-11-12-13-14-15-36(42)39-33-22-29(16-18-32(33)38-34-23-28(40-48(9,43)44)17-19-35(34)47-8)41-49(45,46)37-30(25(4)5)20-27(24(2)3)21-31(37)26(6)7/h16-26,38,40-41H,10-15H2,1-9H3,(H,39,42). The van der Waals surface area contributed by atoms with Gasteiger partial charge in [-0.2, -0.15) is 0 Å². The molecule has 0 aromatic heterocycles. The Balaban J connectivity index is 2.08. The van der Waals surface area contributed by atoms with Crippen LogP contribution < -0.4 is 24.8 Å². The SMILES string of the molecule is CCCCCCCC(=O)Nc1cc(NS(=O)(=O)c2c(C(C)C)cc(C(C)C)cc2C(C)C)ccc1Nc1cc(NS(C)(=O)=O)ccc1OC. The molecule has 0 aliphatic heterocycles. The van der Waals surface area contributed by atoms with Gasteiger partial charge in [0.25, 0.3) is 10.0 Å². The van der Waals surface area contributed by atoms with Crippen molar-refractivity contribution < 1.29 is 26.4 Å². The van der Waals surface area contributed by atoms with Gasteiger partial charge in [-0.25, -0.2) is 16.8 Å². The van der Waals surface area contributed by atoms with E-state index >= 15 is 0 Å². The van der Waals surface area contributed by atoms with Crippen molar-refractivity contribution in [2.75, 3.05) is 33.4 Å². The minimum atomic E-state index is -4.05. The summed E-state index contributed by atoms with van der Waals surface area (Å²) in [6, 6.07) is 13.6. The van der Waals surface area contributed by atoms with Crippen LogP contribution in [0.3, 0.4) is 0 Å². The average Bonchev–Trinajstić information content (AvgIpc) is 3.00. The summed E-state index contributed by atoms with van der Waals surface area (Å²) < 4.78 is 63.0. The summed E-state index contributed by atoms with van der Waals surface area (Å²) in [5.74, 6) is 0.393. The van der Waals surface area contributed by atoms with Gasteiger partial charge in [-0.3, -0.25) is 14.2 Å². The van der Waals surface area contributed by atoms with Gasteiger partial charge in [0, 0.05) is 6.42 Å². The fourth-order valence-corrected chi connectivity index (χ4v) is 7.86. The van der Waals surface area contributed by atoms with E-state index in [1.54, 1.807) is 36.4 Å². The number of hydrogen-bond donors (Lipinski definition) is 4. The number of amides is 1. The molecule has 49 heavy (non-hydrogen) atoms. The van der Waals surface area contributed by atoms with E-state index in [1.165, 1.54) is 7.11 Å². The fourth-order valence-electron chi connectivity index (χ4n) is 5.56. The van der Waals surface area contributed by atoms with Crippen LogP contribution in [0.25, 0.3) is 0 Å². The molecule has 0 unspecified atom stereocenters. The summed E-state index contributed by atoms with van der Waals surface area (Å²) in [6.45, 7) is 14.3. The molecular weight excluding hydrogens is 661 g/mol. The van der Waals surface area contributed by atoms with Gasteiger partial charge in [-0.15, -0.1) is 0 Å². The van der Waals surface area contributed by atoms with E-state index in [0.717, 1.165) is 55.1 Å². The van der Waals surface area contributed by atoms with Crippen molar-refractivity contribution in [2.45, 2.75) is 110 Å². The Bertz CT molecular complexity index is 1790. The number of anilines is 5. The molecule has 1 amide bonds. The van der Waals surface area contributed by atoms with Gasteiger partial charge in [0.15, 0.2) is 0 Å². The molecule has 0 saturated heterocycles. The van der Waals surface area contributed by atoms with Crippen molar-refractivity contribution in [1.82, 2.24) is 0 Å². The van der Waals surface area contributed by atoms with E-state index in [-0.39, 0.29) is 34.2 Å². The van der Waals surface area contributed by atoms with Gasteiger partial charge >= 0.3 is 0 Å². The van der Waals surface area contributed by atoms with Crippen LogP contribution in [0.1, 0.15) is 121 Å². The Kier molecular flexibility index (Phi) is 14.0. The number of hydrogen-bond acceptors (Lipinski definition) is 7. The number of rotatable bonds is 18. The highest BCUT2D eigenvalue weighted by atomic mass is 32.2. The Labute approximate surface area is 293 Å². The average molecular weight is 715 g/mol. The predicted octanol–water partition coefficient (Wildman–Crippen LogP) is 9.28. The van der Waals surface area contributed by atoms with E-state index in [1.807, 2.05) is 39.8 Å². The van der Waals surface area contributed by atoms with Crippen molar-refractivity contribution in [3.63, 3.8) is 0 Å². The smallest absolute Gasteiger partial charge is 0.262 e. The normalized spacial score (nSPS) is 12.0. The first-order valence-electron chi connectivity index (χ1n) is 17.0. The van der Waals surface area contributed by atoms with E-state index < -0.39 is 20.0 Å². The van der Waals surface area contributed by atoms with Crippen molar-refractivity contribution >= 4 is 54.4 Å². The second kappa shape index (κ2) is 17.2. The Morgan fingerprint density at radius 1 is 0.714 bits per heavy atom. The molecule has 3 aromatic rings. The van der Waals surface area contributed by atoms with Crippen LogP contribution in [0.5, 0.6) is 5.75 Å². The largest absolute Gasteiger partial charge is 0.495 e. The lowest BCUT2D eigenvalue weighted by Crippen LogP contribution is -2.19. The maximum Gasteiger partial charge on any atom is 0.262 e. The third-order valence-corrected chi connectivity index (χ3v) is 10.3. The van der Waals surface area contributed by atoms with Gasteiger partial charge < -0.3 is 15.4 Å². The third-order valence-electron chi connectivity index (χ3n) is 8.17. The molecule has 270 valence electrons. The zero-order chi connectivity index (χ0) is 36.5. The van der Waals surface area contributed by atoms with Crippen molar-refractivity contribution in [3.8, 4) is 5.75 Å².